The first kappa shape index (κ1) is 24.5. The van der Waals surface area contributed by atoms with E-state index in [1.54, 1.807) is 0 Å². The minimum Gasteiger partial charge on any atom is -0.308 e. The van der Waals surface area contributed by atoms with Crippen molar-refractivity contribution in [1.82, 2.24) is 4.98 Å². The number of anilines is 3. The van der Waals surface area contributed by atoms with E-state index in [1.165, 1.54) is 53.2 Å². The third-order valence-electron chi connectivity index (χ3n) is 7.93. The van der Waals surface area contributed by atoms with Crippen molar-refractivity contribution in [3.63, 3.8) is 0 Å². The van der Waals surface area contributed by atoms with Gasteiger partial charge >= 0.3 is 0 Å². The average molecular weight is 555 g/mol. The number of hydrogen-bond acceptors (Lipinski definition) is 3. The largest absolute Gasteiger partial charge is 0.308 e. The summed E-state index contributed by atoms with van der Waals surface area (Å²) in [6.07, 6.45) is 4.02. The molecule has 198 valence electrons. The average Bonchev–Trinajstić information content (AvgIpc) is 3.43. The van der Waals surface area contributed by atoms with Crippen molar-refractivity contribution in [2.75, 3.05) is 4.90 Å². The van der Waals surface area contributed by atoms with Crippen molar-refractivity contribution in [1.29, 1.82) is 0 Å². The molecule has 0 unspecified atom stereocenters. The van der Waals surface area contributed by atoms with Crippen LogP contribution in [-0.4, -0.2) is 4.98 Å². The molecule has 0 aliphatic heterocycles. The Hall–Kier alpha value is -5.25. The first-order valence-corrected chi connectivity index (χ1v) is 14.9. The first-order valence-electron chi connectivity index (χ1n) is 14.1. The Morgan fingerprint density at radius 3 is 1.52 bits per heavy atom. The third-order valence-corrected chi connectivity index (χ3v) is 9.02. The number of benzene rings is 6. The first-order chi connectivity index (χ1) is 20.8. The molecule has 6 aromatic carbocycles. The summed E-state index contributed by atoms with van der Waals surface area (Å²) in [4.78, 5) is 7.10. The molecule has 8 rings (SSSR count). The van der Waals surface area contributed by atoms with Crippen LogP contribution in [0.15, 0.2) is 158 Å². The van der Waals surface area contributed by atoms with Gasteiger partial charge in [0.25, 0.3) is 0 Å². The van der Waals surface area contributed by atoms with Gasteiger partial charge in [-0.1, -0.05) is 109 Å². The van der Waals surface area contributed by atoms with Crippen LogP contribution in [0.25, 0.3) is 53.2 Å². The molecule has 0 spiro atoms. The van der Waals surface area contributed by atoms with Crippen LogP contribution in [0.5, 0.6) is 0 Å². The lowest BCUT2D eigenvalue weighted by molar-refractivity contribution is 1.26. The molecule has 3 heteroatoms. The molecule has 8 aromatic rings. The molecular formula is C39H26N2S. The van der Waals surface area contributed by atoms with E-state index in [0.29, 0.717) is 0 Å². The van der Waals surface area contributed by atoms with E-state index >= 15 is 0 Å². The fraction of sp³-hybridized carbons (Fsp3) is 0. The van der Waals surface area contributed by atoms with Crippen LogP contribution in [-0.2, 0) is 0 Å². The molecule has 42 heavy (non-hydrogen) atoms. The Kier molecular flexibility index (Phi) is 6.02. The Balaban J connectivity index is 1.33. The van der Waals surface area contributed by atoms with Gasteiger partial charge < -0.3 is 4.90 Å². The van der Waals surface area contributed by atoms with Crippen molar-refractivity contribution in [2.24, 2.45) is 0 Å². The van der Waals surface area contributed by atoms with Gasteiger partial charge in [-0.05, 0) is 69.4 Å². The van der Waals surface area contributed by atoms with Crippen LogP contribution in [0, 0.1) is 0 Å². The van der Waals surface area contributed by atoms with Gasteiger partial charge in [0, 0.05) is 33.0 Å². The van der Waals surface area contributed by atoms with E-state index in [9.17, 15) is 0 Å². The van der Waals surface area contributed by atoms with Crippen LogP contribution in [0.2, 0.25) is 0 Å². The lowest BCUT2D eigenvalue weighted by atomic mass is 10.0. The summed E-state index contributed by atoms with van der Waals surface area (Å²) in [5.41, 5.74) is 8.08. The van der Waals surface area contributed by atoms with Gasteiger partial charge in [0.2, 0.25) is 0 Å². The van der Waals surface area contributed by atoms with Crippen molar-refractivity contribution < 1.29 is 0 Å². The van der Waals surface area contributed by atoms with Crippen molar-refractivity contribution in [3.8, 4) is 22.3 Å². The zero-order chi connectivity index (χ0) is 27.9. The van der Waals surface area contributed by atoms with Gasteiger partial charge in [-0.2, -0.15) is 0 Å². The molecule has 0 bridgehead atoms. The second kappa shape index (κ2) is 10.3. The van der Waals surface area contributed by atoms with Gasteiger partial charge in [0.05, 0.1) is 16.6 Å². The quantitative estimate of drug-likeness (QED) is 0.210. The smallest absolute Gasteiger partial charge is 0.0738 e. The van der Waals surface area contributed by atoms with Gasteiger partial charge in [-0.3, -0.25) is 4.98 Å². The summed E-state index contributed by atoms with van der Waals surface area (Å²) < 4.78 is 2.46. The minimum atomic E-state index is 1.08. The molecular weight excluding hydrogens is 529 g/mol. The zero-order valence-electron chi connectivity index (χ0n) is 22.8. The molecule has 0 fully saturated rings. The van der Waals surface area contributed by atoms with E-state index in [0.717, 1.165) is 17.1 Å². The van der Waals surface area contributed by atoms with E-state index in [-0.39, 0.29) is 0 Å². The summed E-state index contributed by atoms with van der Waals surface area (Å²) in [7, 11) is 0. The number of thiophene rings is 1. The topological polar surface area (TPSA) is 16.1 Å². The summed E-state index contributed by atoms with van der Waals surface area (Å²) in [6, 6.07) is 52.0. The molecule has 0 saturated carbocycles. The van der Waals surface area contributed by atoms with E-state index in [2.05, 4.69) is 150 Å². The van der Waals surface area contributed by atoms with Crippen molar-refractivity contribution >= 4 is 59.3 Å². The molecule has 2 aromatic heterocycles. The molecule has 2 nitrogen and oxygen atoms in total. The second-order valence-corrected chi connectivity index (χ2v) is 11.6. The lowest BCUT2D eigenvalue weighted by Crippen LogP contribution is -2.10. The molecule has 0 amide bonds. The maximum atomic E-state index is 4.75. The summed E-state index contributed by atoms with van der Waals surface area (Å²) in [5, 5.41) is 5.00. The zero-order valence-corrected chi connectivity index (χ0v) is 23.6. The normalized spacial score (nSPS) is 11.3. The number of rotatable bonds is 5. The SMILES string of the molecule is c1ccc(-c2ccc(N(c3ccc(-c4ccccc4)cc3)c3cncc4sc5cc6ccccc6cc5c34)cc2)cc1. The number of fused-ring (bicyclic) bond motifs is 4. The van der Waals surface area contributed by atoms with E-state index < -0.39 is 0 Å². The van der Waals surface area contributed by atoms with Crippen LogP contribution >= 0.6 is 11.3 Å². The Morgan fingerprint density at radius 2 is 0.952 bits per heavy atom. The monoisotopic (exact) mass is 554 g/mol. The van der Waals surface area contributed by atoms with Gasteiger partial charge in [0.15, 0.2) is 0 Å². The maximum absolute atomic E-state index is 4.75. The highest BCUT2D eigenvalue weighted by atomic mass is 32.1. The van der Waals surface area contributed by atoms with E-state index in [4.69, 9.17) is 4.98 Å². The number of pyridine rings is 1. The molecule has 0 aliphatic carbocycles. The maximum Gasteiger partial charge on any atom is 0.0738 e. The molecule has 0 atom stereocenters. The van der Waals surface area contributed by atoms with Crippen LogP contribution < -0.4 is 4.90 Å². The predicted molar refractivity (Wildman–Crippen MR) is 180 cm³/mol. The fourth-order valence-electron chi connectivity index (χ4n) is 5.86. The minimum absolute atomic E-state index is 1.08. The molecule has 0 N–H and O–H groups in total. The summed E-state index contributed by atoms with van der Waals surface area (Å²) >= 11 is 1.81. The van der Waals surface area contributed by atoms with Crippen molar-refractivity contribution in [2.45, 2.75) is 0 Å². The number of hydrogen-bond donors (Lipinski definition) is 0. The van der Waals surface area contributed by atoms with Gasteiger partial charge in [-0.15, -0.1) is 11.3 Å². The second-order valence-electron chi connectivity index (χ2n) is 10.5. The molecule has 0 saturated heterocycles. The van der Waals surface area contributed by atoms with Crippen LogP contribution in [0.1, 0.15) is 0 Å². The van der Waals surface area contributed by atoms with Crippen LogP contribution in [0.4, 0.5) is 17.1 Å². The molecule has 0 aliphatic rings. The standard InChI is InChI=1S/C39H26N2S/c1-3-9-27(10-4-1)29-15-19-33(20-16-29)41(34-21-17-30(18-22-34)28-11-5-2-6-12-28)36-25-40-26-38-39(36)35-23-31-13-7-8-14-32(31)24-37(35)42-38/h1-26H. The number of aromatic nitrogens is 1. The van der Waals surface area contributed by atoms with E-state index in [1.807, 2.05) is 23.7 Å². The summed E-state index contributed by atoms with van der Waals surface area (Å²) in [5.74, 6) is 0. The Morgan fingerprint density at radius 1 is 0.452 bits per heavy atom. The van der Waals surface area contributed by atoms with Crippen molar-refractivity contribution in [3.05, 3.63) is 158 Å². The lowest BCUT2D eigenvalue weighted by Gasteiger charge is -2.26. The third kappa shape index (κ3) is 4.32. The number of nitrogens with zero attached hydrogens (tertiary/aromatic N) is 2. The fourth-order valence-corrected chi connectivity index (χ4v) is 6.98. The molecule has 0 radical (unpaired) electrons. The highest BCUT2D eigenvalue weighted by Crippen LogP contribution is 2.45. The highest BCUT2D eigenvalue weighted by molar-refractivity contribution is 7.26. The highest BCUT2D eigenvalue weighted by Gasteiger charge is 2.19. The summed E-state index contributed by atoms with van der Waals surface area (Å²) in [6.45, 7) is 0. The predicted octanol–water partition coefficient (Wildman–Crippen LogP) is 11.4. The Bertz CT molecular complexity index is 2080. The van der Waals surface area contributed by atoms with Gasteiger partial charge in [-0.25, -0.2) is 0 Å². The van der Waals surface area contributed by atoms with Crippen LogP contribution in [0.3, 0.4) is 0 Å². The van der Waals surface area contributed by atoms with Gasteiger partial charge in [0.1, 0.15) is 0 Å². The molecule has 2 heterocycles. The Labute approximate surface area is 248 Å².